The minimum atomic E-state index is 0.108. The highest BCUT2D eigenvalue weighted by molar-refractivity contribution is 5.95. The molecule has 4 nitrogen and oxygen atoms in total. The van der Waals surface area contributed by atoms with E-state index in [1.165, 1.54) is 12.8 Å². The third kappa shape index (κ3) is 3.25. The quantitative estimate of drug-likeness (QED) is 0.906. The first-order chi connectivity index (χ1) is 9.11. The van der Waals surface area contributed by atoms with Gasteiger partial charge in [0.05, 0.1) is 0 Å². The fourth-order valence-electron chi connectivity index (χ4n) is 2.72. The van der Waals surface area contributed by atoms with Crippen molar-refractivity contribution in [3.8, 4) is 0 Å². The van der Waals surface area contributed by atoms with E-state index in [2.05, 4.69) is 10.3 Å². The zero-order valence-electron chi connectivity index (χ0n) is 12.1. The Morgan fingerprint density at radius 2 is 2.11 bits per heavy atom. The Morgan fingerprint density at radius 1 is 1.42 bits per heavy atom. The molecule has 0 aromatic carbocycles. The van der Waals surface area contributed by atoms with Crippen LogP contribution in [0.3, 0.4) is 0 Å². The number of hydrogen-bond donors (Lipinski definition) is 1. The smallest absolute Gasteiger partial charge is 0.254 e. The molecule has 1 aromatic heterocycles. The maximum absolute atomic E-state index is 12.5. The number of carbonyl (C=O) groups is 1. The maximum Gasteiger partial charge on any atom is 0.254 e. The van der Waals surface area contributed by atoms with Crippen molar-refractivity contribution >= 4 is 11.7 Å². The largest absolute Gasteiger partial charge is 0.370 e. The van der Waals surface area contributed by atoms with Gasteiger partial charge in [0.25, 0.3) is 5.91 Å². The average molecular weight is 261 g/mol. The van der Waals surface area contributed by atoms with E-state index in [1.807, 2.05) is 37.9 Å². The number of aromatic nitrogens is 1. The van der Waals surface area contributed by atoms with E-state index in [0.717, 1.165) is 36.5 Å². The molecule has 0 bridgehead atoms. The molecule has 1 amide bonds. The van der Waals surface area contributed by atoms with Crippen molar-refractivity contribution in [2.24, 2.45) is 0 Å². The summed E-state index contributed by atoms with van der Waals surface area (Å²) in [5, 5.41) is 3.17. The van der Waals surface area contributed by atoms with Crippen LogP contribution in [0, 0.1) is 6.92 Å². The van der Waals surface area contributed by atoms with Crippen molar-refractivity contribution in [1.82, 2.24) is 9.88 Å². The Labute approximate surface area is 115 Å². The molecule has 2 rings (SSSR count). The predicted molar refractivity (Wildman–Crippen MR) is 77.5 cm³/mol. The third-order valence-electron chi connectivity index (χ3n) is 3.75. The number of carbonyl (C=O) groups excluding carboxylic acids is 1. The van der Waals surface area contributed by atoms with Crippen molar-refractivity contribution in [3.05, 3.63) is 23.4 Å². The second kappa shape index (κ2) is 6.04. The zero-order valence-corrected chi connectivity index (χ0v) is 12.1. The van der Waals surface area contributed by atoms with Crippen molar-refractivity contribution in [2.45, 2.75) is 45.6 Å². The van der Waals surface area contributed by atoms with E-state index in [4.69, 9.17) is 0 Å². The summed E-state index contributed by atoms with van der Waals surface area (Å²) in [5.74, 6) is 0.891. The molecule has 0 unspecified atom stereocenters. The Morgan fingerprint density at radius 3 is 2.74 bits per heavy atom. The normalized spacial score (nSPS) is 15.5. The van der Waals surface area contributed by atoms with Crippen LogP contribution in [-0.2, 0) is 0 Å². The van der Waals surface area contributed by atoms with E-state index < -0.39 is 0 Å². The van der Waals surface area contributed by atoms with Gasteiger partial charge in [0.15, 0.2) is 0 Å². The number of nitrogens with one attached hydrogen (secondary N) is 1. The molecule has 1 aromatic rings. The van der Waals surface area contributed by atoms with E-state index in [0.29, 0.717) is 6.04 Å². The van der Waals surface area contributed by atoms with Gasteiger partial charge in [0.1, 0.15) is 5.82 Å². The molecule has 0 radical (unpaired) electrons. The van der Waals surface area contributed by atoms with Crippen molar-refractivity contribution in [3.63, 3.8) is 0 Å². The van der Waals surface area contributed by atoms with Crippen molar-refractivity contribution in [2.75, 3.05) is 18.9 Å². The number of amides is 1. The number of rotatable bonds is 4. The first-order valence-electron chi connectivity index (χ1n) is 7.11. The average Bonchev–Trinajstić information content (AvgIpc) is 2.90. The van der Waals surface area contributed by atoms with Gasteiger partial charge in [-0.05, 0) is 38.8 Å². The molecule has 0 spiro atoms. The minimum Gasteiger partial charge on any atom is -0.370 e. The second-order valence-electron chi connectivity index (χ2n) is 5.27. The summed E-state index contributed by atoms with van der Waals surface area (Å²) in [4.78, 5) is 18.8. The predicted octanol–water partition coefficient (Wildman–Crippen LogP) is 2.84. The molecule has 104 valence electrons. The molecule has 1 saturated carbocycles. The summed E-state index contributed by atoms with van der Waals surface area (Å²) in [6.07, 6.45) is 4.74. The summed E-state index contributed by atoms with van der Waals surface area (Å²) >= 11 is 0. The fourth-order valence-corrected chi connectivity index (χ4v) is 2.72. The van der Waals surface area contributed by atoms with Gasteiger partial charge < -0.3 is 10.2 Å². The van der Waals surface area contributed by atoms with Crippen molar-refractivity contribution < 1.29 is 4.79 Å². The lowest BCUT2D eigenvalue weighted by Crippen LogP contribution is -2.35. The topological polar surface area (TPSA) is 45.2 Å². The number of aryl methyl sites for hydroxylation is 1. The standard InChI is InChI=1S/C15H23N3O/c1-4-16-14-10-12(9-11(2)17-14)15(19)18(3)13-7-5-6-8-13/h9-10,13H,4-8H2,1-3H3,(H,16,17). The summed E-state index contributed by atoms with van der Waals surface area (Å²) in [6, 6.07) is 4.13. The monoisotopic (exact) mass is 261 g/mol. The van der Waals surface area contributed by atoms with Crippen LogP contribution in [-0.4, -0.2) is 35.4 Å². The van der Waals surface area contributed by atoms with Gasteiger partial charge in [-0.15, -0.1) is 0 Å². The Kier molecular flexibility index (Phi) is 4.40. The van der Waals surface area contributed by atoms with E-state index in [1.54, 1.807) is 0 Å². The molecule has 0 saturated heterocycles. The lowest BCUT2D eigenvalue weighted by Gasteiger charge is -2.24. The lowest BCUT2D eigenvalue weighted by molar-refractivity contribution is 0.0735. The Hall–Kier alpha value is -1.58. The van der Waals surface area contributed by atoms with Crippen LogP contribution in [0.4, 0.5) is 5.82 Å². The second-order valence-corrected chi connectivity index (χ2v) is 5.27. The van der Waals surface area contributed by atoms with Crippen LogP contribution >= 0.6 is 0 Å². The molecular formula is C15H23N3O. The molecular weight excluding hydrogens is 238 g/mol. The fraction of sp³-hybridized carbons (Fsp3) is 0.600. The molecule has 1 fully saturated rings. The van der Waals surface area contributed by atoms with E-state index >= 15 is 0 Å². The Bertz CT molecular complexity index is 453. The Balaban J connectivity index is 2.17. The molecule has 0 aliphatic heterocycles. The summed E-state index contributed by atoms with van der Waals surface area (Å²) in [7, 11) is 1.92. The summed E-state index contributed by atoms with van der Waals surface area (Å²) in [6.45, 7) is 4.76. The van der Waals surface area contributed by atoms with Gasteiger partial charge in [-0.1, -0.05) is 12.8 Å². The molecule has 0 atom stereocenters. The summed E-state index contributed by atoms with van der Waals surface area (Å²) in [5.41, 5.74) is 1.61. The van der Waals surface area contributed by atoms with Gasteiger partial charge >= 0.3 is 0 Å². The zero-order chi connectivity index (χ0) is 13.8. The number of hydrogen-bond acceptors (Lipinski definition) is 3. The van der Waals surface area contributed by atoms with Gasteiger partial charge in [0, 0.05) is 30.9 Å². The van der Waals surface area contributed by atoms with Gasteiger partial charge in [0.2, 0.25) is 0 Å². The molecule has 4 heteroatoms. The van der Waals surface area contributed by atoms with Gasteiger partial charge in [-0.25, -0.2) is 4.98 Å². The maximum atomic E-state index is 12.5. The number of pyridine rings is 1. The van der Waals surface area contributed by atoms with E-state index in [9.17, 15) is 4.79 Å². The third-order valence-corrected chi connectivity index (χ3v) is 3.75. The van der Waals surface area contributed by atoms with Crippen LogP contribution in [0.2, 0.25) is 0 Å². The van der Waals surface area contributed by atoms with Crippen LogP contribution in [0.25, 0.3) is 0 Å². The van der Waals surface area contributed by atoms with Crippen LogP contribution in [0.15, 0.2) is 12.1 Å². The highest BCUT2D eigenvalue weighted by atomic mass is 16.2. The van der Waals surface area contributed by atoms with Crippen LogP contribution in [0.5, 0.6) is 0 Å². The number of nitrogens with zero attached hydrogens (tertiary/aromatic N) is 2. The van der Waals surface area contributed by atoms with Crippen LogP contribution in [0.1, 0.15) is 48.7 Å². The lowest BCUT2D eigenvalue weighted by atomic mass is 10.1. The molecule has 19 heavy (non-hydrogen) atoms. The highest BCUT2D eigenvalue weighted by Gasteiger charge is 2.24. The first-order valence-corrected chi connectivity index (χ1v) is 7.11. The van der Waals surface area contributed by atoms with Crippen molar-refractivity contribution in [1.29, 1.82) is 0 Å². The van der Waals surface area contributed by atoms with Gasteiger partial charge in [-0.3, -0.25) is 4.79 Å². The minimum absolute atomic E-state index is 0.108. The molecule has 1 aliphatic rings. The molecule has 1 heterocycles. The SMILES string of the molecule is CCNc1cc(C(=O)N(C)C2CCCC2)cc(C)n1. The van der Waals surface area contributed by atoms with Gasteiger partial charge in [-0.2, -0.15) is 0 Å². The highest BCUT2D eigenvalue weighted by Crippen LogP contribution is 2.24. The van der Waals surface area contributed by atoms with E-state index in [-0.39, 0.29) is 5.91 Å². The molecule has 1 aliphatic carbocycles. The first kappa shape index (κ1) is 13.8. The molecule has 1 N–H and O–H groups in total. The number of anilines is 1. The van der Waals surface area contributed by atoms with Crippen LogP contribution < -0.4 is 5.32 Å². The summed E-state index contributed by atoms with van der Waals surface area (Å²) < 4.78 is 0.